The van der Waals surface area contributed by atoms with Crippen LogP contribution in [0.25, 0.3) is 0 Å². The zero-order chi connectivity index (χ0) is 13.5. The normalized spacial score (nSPS) is 12.6. The summed E-state index contributed by atoms with van der Waals surface area (Å²) in [6.45, 7) is 2.16. The Morgan fingerprint density at radius 3 is 2.94 bits per heavy atom. The fourth-order valence-corrected chi connectivity index (χ4v) is 1.42. The molecule has 0 aliphatic carbocycles. The molecule has 6 heteroatoms. The second-order valence-corrected chi connectivity index (χ2v) is 3.93. The highest BCUT2D eigenvalue weighted by Gasteiger charge is 2.12. The van der Waals surface area contributed by atoms with Crippen LogP contribution in [0.3, 0.4) is 0 Å². The third kappa shape index (κ3) is 4.15. The molecule has 18 heavy (non-hydrogen) atoms. The van der Waals surface area contributed by atoms with E-state index in [9.17, 15) is 10.1 Å². The number of hydrogen-bond acceptors (Lipinski definition) is 5. The second kappa shape index (κ2) is 6.73. The van der Waals surface area contributed by atoms with E-state index in [0.717, 1.165) is 5.56 Å². The Morgan fingerprint density at radius 1 is 1.61 bits per heavy atom. The summed E-state index contributed by atoms with van der Waals surface area (Å²) < 4.78 is 0. The first-order chi connectivity index (χ1) is 8.54. The van der Waals surface area contributed by atoms with Crippen molar-refractivity contribution in [3.63, 3.8) is 0 Å². The summed E-state index contributed by atoms with van der Waals surface area (Å²) in [5.41, 5.74) is 6.94. The van der Waals surface area contributed by atoms with Gasteiger partial charge in [-0.2, -0.15) is 0 Å². The van der Waals surface area contributed by atoms with Crippen molar-refractivity contribution in [3.05, 3.63) is 46.0 Å². The number of nitrogens with one attached hydrogen (secondary N) is 1. The van der Waals surface area contributed by atoms with Crippen molar-refractivity contribution in [1.29, 1.82) is 0 Å². The van der Waals surface area contributed by atoms with Gasteiger partial charge in [0.25, 0.3) is 5.69 Å². The topological polar surface area (TPSA) is 101 Å². The van der Waals surface area contributed by atoms with Gasteiger partial charge in [-0.1, -0.05) is 18.2 Å². The summed E-state index contributed by atoms with van der Waals surface area (Å²) >= 11 is 0. The fraction of sp³-hybridized carbons (Fsp3) is 0.333. The lowest BCUT2D eigenvalue weighted by Gasteiger charge is -2.06. The van der Waals surface area contributed by atoms with Crippen molar-refractivity contribution < 1.29 is 10.0 Å². The molecule has 0 unspecified atom stereocenters. The van der Waals surface area contributed by atoms with Crippen molar-refractivity contribution in [2.75, 3.05) is 18.5 Å². The van der Waals surface area contributed by atoms with Crippen LogP contribution >= 0.6 is 0 Å². The molecule has 1 aromatic carbocycles. The maximum Gasteiger partial charge on any atom is 0.292 e. The zero-order valence-corrected chi connectivity index (χ0v) is 10.2. The number of nitro groups is 1. The average molecular weight is 251 g/mol. The zero-order valence-electron chi connectivity index (χ0n) is 10.2. The number of benzene rings is 1. The van der Waals surface area contributed by atoms with E-state index in [1.54, 1.807) is 24.3 Å². The standard InChI is InChI=1S/C12H17N3O3/c1-9-4-5-12(15(17)18)11(7-9)14-6-2-3-10(13)8-16/h2-5,7,10,14,16H,6,8,13H2,1H3/b3-2+/t10-/m0/s1. The number of rotatable bonds is 6. The predicted octanol–water partition coefficient (Wildman–Crippen LogP) is 1.19. The number of aryl methyl sites for hydroxylation is 1. The molecule has 0 bridgehead atoms. The van der Waals surface area contributed by atoms with Gasteiger partial charge in [0.15, 0.2) is 0 Å². The Hall–Kier alpha value is -1.92. The molecule has 0 heterocycles. The second-order valence-electron chi connectivity index (χ2n) is 3.93. The molecule has 0 aromatic heterocycles. The Kier molecular flexibility index (Phi) is 5.29. The van der Waals surface area contributed by atoms with Crippen molar-refractivity contribution in [2.45, 2.75) is 13.0 Å². The summed E-state index contributed by atoms with van der Waals surface area (Å²) in [6, 6.07) is 4.49. The fourth-order valence-electron chi connectivity index (χ4n) is 1.42. The van der Waals surface area contributed by atoms with Crippen molar-refractivity contribution in [2.24, 2.45) is 5.73 Å². The van der Waals surface area contributed by atoms with Crippen LogP contribution in [0.4, 0.5) is 11.4 Å². The van der Waals surface area contributed by atoms with Crippen molar-refractivity contribution in [3.8, 4) is 0 Å². The maximum atomic E-state index is 10.8. The van der Waals surface area contributed by atoms with Gasteiger partial charge in [-0.3, -0.25) is 10.1 Å². The first-order valence-corrected chi connectivity index (χ1v) is 5.56. The van der Waals surface area contributed by atoms with E-state index in [2.05, 4.69) is 5.32 Å². The lowest BCUT2D eigenvalue weighted by Crippen LogP contribution is -2.21. The van der Waals surface area contributed by atoms with Crippen LogP contribution in [0, 0.1) is 17.0 Å². The lowest BCUT2D eigenvalue weighted by atomic mass is 10.2. The highest BCUT2D eigenvalue weighted by atomic mass is 16.6. The van der Waals surface area contributed by atoms with Gasteiger partial charge in [0, 0.05) is 18.7 Å². The van der Waals surface area contributed by atoms with Gasteiger partial charge in [-0.25, -0.2) is 0 Å². The smallest absolute Gasteiger partial charge is 0.292 e. The van der Waals surface area contributed by atoms with E-state index in [4.69, 9.17) is 10.8 Å². The third-order valence-corrected chi connectivity index (χ3v) is 2.35. The predicted molar refractivity (Wildman–Crippen MR) is 70.5 cm³/mol. The number of anilines is 1. The molecule has 0 radical (unpaired) electrons. The van der Waals surface area contributed by atoms with Crippen LogP contribution in [-0.4, -0.2) is 29.2 Å². The van der Waals surface area contributed by atoms with Crippen LogP contribution in [0.5, 0.6) is 0 Å². The molecular weight excluding hydrogens is 234 g/mol. The van der Waals surface area contributed by atoms with E-state index in [0.29, 0.717) is 12.2 Å². The molecule has 4 N–H and O–H groups in total. The lowest BCUT2D eigenvalue weighted by molar-refractivity contribution is -0.384. The molecule has 0 saturated carbocycles. The summed E-state index contributed by atoms with van der Waals surface area (Å²) in [6.07, 6.45) is 3.38. The van der Waals surface area contributed by atoms with E-state index in [1.165, 1.54) is 6.07 Å². The first kappa shape index (κ1) is 14.1. The van der Waals surface area contributed by atoms with Gasteiger partial charge >= 0.3 is 0 Å². The average Bonchev–Trinajstić information content (AvgIpc) is 2.34. The first-order valence-electron chi connectivity index (χ1n) is 5.56. The molecule has 0 aliphatic rings. The molecular formula is C12H17N3O3. The molecule has 6 nitrogen and oxygen atoms in total. The van der Waals surface area contributed by atoms with Gasteiger partial charge in [-0.05, 0) is 18.6 Å². The van der Waals surface area contributed by atoms with Gasteiger partial charge in [0.2, 0.25) is 0 Å². The Balaban J connectivity index is 2.69. The van der Waals surface area contributed by atoms with Crippen LogP contribution in [0.2, 0.25) is 0 Å². The minimum atomic E-state index is -0.426. The van der Waals surface area contributed by atoms with Gasteiger partial charge in [-0.15, -0.1) is 0 Å². The number of nitrogens with zero attached hydrogens (tertiary/aromatic N) is 1. The third-order valence-electron chi connectivity index (χ3n) is 2.35. The summed E-state index contributed by atoms with van der Waals surface area (Å²) in [5, 5.41) is 22.5. The van der Waals surface area contributed by atoms with Gasteiger partial charge in [0.1, 0.15) is 5.69 Å². The molecule has 0 aliphatic heterocycles. The van der Waals surface area contributed by atoms with Crippen LogP contribution in [0.1, 0.15) is 5.56 Å². The van der Waals surface area contributed by atoms with Gasteiger partial charge < -0.3 is 16.2 Å². The quantitative estimate of drug-likeness (QED) is 0.400. The minimum Gasteiger partial charge on any atom is -0.394 e. The SMILES string of the molecule is Cc1ccc([N+](=O)[O-])c(NC/C=C/[C@H](N)CO)c1. The van der Waals surface area contributed by atoms with Crippen LogP contribution in [-0.2, 0) is 0 Å². The minimum absolute atomic E-state index is 0.0421. The molecule has 1 aromatic rings. The summed E-state index contributed by atoms with van der Waals surface area (Å²) in [4.78, 5) is 10.4. The largest absolute Gasteiger partial charge is 0.394 e. The highest BCUT2D eigenvalue weighted by molar-refractivity contribution is 5.62. The highest BCUT2D eigenvalue weighted by Crippen LogP contribution is 2.24. The molecule has 1 rings (SSSR count). The van der Waals surface area contributed by atoms with E-state index in [-0.39, 0.29) is 12.3 Å². The number of nitro benzene ring substituents is 1. The molecule has 0 saturated heterocycles. The molecule has 98 valence electrons. The monoisotopic (exact) mass is 251 g/mol. The number of aliphatic hydroxyl groups excluding tert-OH is 1. The maximum absolute atomic E-state index is 10.8. The van der Waals surface area contributed by atoms with E-state index < -0.39 is 11.0 Å². The Bertz CT molecular complexity index is 446. The van der Waals surface area contributed by atoms with Crippen LogP contribution < -0.4 is 11.1 Å². The summed E-state index contributed by atoms with van der Waals surface area (Å²) in [7, 11) is 0. The molecule has 0 fully saturated rings. The Morgan fingerprint density at radius 2 is 2.33 bits per heavy atom. The molecule has 1 atom stereocenters. The molecule has 0 amide bonds. The molecule has 0 spiro atoms. The van der Waals surface area contributed by atoms with E-state index >= 15 is 0 Å². The van der Waals surface area contributed by atoms with Gasteiger partial charge in [0.05, 0.1) is 11.5 Å². The van der Waals surface area contributed by atoms with Crippen molar-refractivity contribution >= 4 is 11.4 Å². The number of aliphatic hydroxyl groups is 1. The Labute approximate surface area is 105 Å². The van der Waals surface area contributed by atoms with Crippen LogP contribution in [0.15, 0.2) is 30.4 Å². The summed E-state index contributed by atoms with van der Waals surface area (Å²) in [5.74, 6) is 0. The van der Waals surface area contributed by atoms with Crippen molar-refractivity contribution in [1.82, 2.24) is 0 Å². The number of hydrogen-bond donors (Lipinski definition) is 3. The number of nitrogens with two attached hydrogens (primary N) is 1. The van der Waals surface area contributed by atoms with E-state index in [1.807, 2.05) is 6.92 Å².